The molecule has 0 bridgehead atoms. The average molecular weight is 293 g/mol. The van der Waals surface area contributed by atoms with Crippen molar-refractivity contribution >= 4 is 28.7 Å². The van der Waals surface area contributed by atoms with Crippen molar-refractivity contribution in [1.82, 2.24) is 10.3 Å². The zero-order valence-corrected chi connectivity index (χ0v) is 12.2. The number of ether oxygens (including phenoxy) is 1. The van der Waals surface area contributed by atoms with Crippen LogP contribution in [0.2, 0.25) is 0 Å². The van der Waals surface area contributed by atoms with E-state index in [2.05, 4.69) is 10.4 Å². The summed E-state index contributed by atoms with van der Waals surface area (Å²) in [6, 6.07) is 7.42. The van der Waals surface area contributed by atoms with Crippen molar-refractivity contribution < 1.29 is 14.3 Å². The van der Waals surface area contributed by atoms with Gasteiger partial charge in [0.15, 0.2) is 5.17 Å². The van der Waals surface area contributed by atoms with Crippen molar-refractivity contribution in [3.8, 4) is 5.75 Å². The molecule has 2 rings (SSSR count). The number of amides is 2. The zero-order chi connectivity index (χ0) is 14.7. The minimum Gasteiger partial charge on any atom is -0.496 e. The highest BCUT2D eigenvalue weighted by atomic mass is 32.2. The maximum atomic E-state index is 11.7. The number of carbonyl (C=O) groups is 2. The van der Waals surface area contributed by atoms with Crippen molar-refractivity contribution in [3.05, 3.63) is 29.8 Å². The minimum atomic E-state index is -0.342. The third kappa shape index (κ3) is 2.93. The number of nitrogens with zero attached hydrogens (tertiary/aromatic N) is 2. The molecule has 106 valence electrons. The first-order chi connectivity index (χ1) is 9.52. The average Bonchev–Trinajstić information content (AvgIpc) is 2.81. The largest absolute Gasteiger partial charge is 0.496 e. The Balaban J connectivity index is 2.32. The SMILES string of the molecule is COc1ccccc1[C@H]1SC(NC(C)=O)=NN1C(C)=O. The summed E-state index contributed by atoms with van der Waals surface area (Å²) in [4.78, 5) is 22.8. The first kappa shape index (κ1) is 14.4. The molecule has 1 aliphatic rings. The molecule has 1 aromatic carbocycles. The number of thioether (sulfide) groups is 1. The van der Waals surface area contributed by atoms with Gasteiger partial charge in [0.1, 0.15) is 11.1 Å². The topological polar surface area (TPSA) is 71.0 Å². The molecule has 0 spiro atoms. The smallest absolute Gasteiger partial charge is 0.241 e. The van der Waals surface area contributed by atoms with Crippen LogP contribution in [0.5, 0.6) is 5.75 Å². The summed E-state index contributed by atoms with van der Waals surface area (Å²) in [7, 11) is 1.58. The minimum absolute atomic E-state index is 0.200. The van der Waals surface area contributed by atoms with Gasteiger partial charge in [-0.25, -0.2) is 5.01 Å². The Morgan fingerprint density at radius 3 is 2.65 bits per heavy atom. The van der Waals surface area contributed by atoms with Crippen LogP contribution in [0.3, 0.4) is 0 Å². The summed E-state index contributed by atoms with van der Waals surface area (Å²) >= 11 is 1.30. The van der Waals surface area contributed by atoms with Gasteiger partial charge in [0, 0.05) is 19.4 Å². The molecule has 7 heteroatoms. The van der Waals surface area contributed by atoms with Crippen LogP contribution in [-0.4, -0.2) is 29.1 Å². The first-order valence-electron chi connectivity index (χ1n) is 5.98. The lowest BCUT2D eigenvalue weighted by atomic mass is 10.2. The van der Waals surface area contributed by atoms with E-state index in [1.807, 2.05) is 24.3 Å². The Morgan fingerprint density at radius 1 is 1.35 bits per heavy atom. The predicted octanol–water partition coefficient (Wildman–Crippen LogP) is 1.70. The van der Waals surface area contributed by atoms with Crippen LogP contribution in [0.1, 0.15) is 24.8 Å². The number of carbonyl (C=O) groups excluding carboxylic acids is 2. The van der Waals surface area contributed by atoms with Crippen LogP contribution >= 0.6 is 11.8 Å². The molecule has 1 atom stereocenters. The van der Waals surface area contributed by atoms with E-state index in [0.717, 1.165) is 5.56 Å². The van der Waals surface area contributed by atoms with Crippen molar-refractivity contribution in [2.75, 3.05) is 7.11 Å². The molecule has 0 fully saturated rings. The van der Waals surface area contributed by atoms with Crippen molar-refractivity contribution in [2.45, 2.75) is 19.2 Å². The summed E-state index contributed by atoms with van der Waals surface area (Å²) < 4.78 is 5.31. The normalized spacial score (nSPS) is 17.6. The number of hydrazone groups is 1. The number of methoxy groups -OCH3 is 1. The van der Waals surface area contributed by atoms with Crippen molar-refractivity contribution in [2.24, 2.45) is 5.10 Å². The third-order valence-electron chi connectivity index (χ3n) is 2.65. The van der Waals surface area contributed by atoms with E-state index in [0.29, 0.717) is 10.9 Å². The molecule has 0 radical (unpaired) electrons. The lowest BCUT2D eigenvalue weighted by molar-refractivity contribution is -0.129. The second-order valence-corrected chi connectivity index (χ2v) is 5.23. The molecule has 1 heterocycles. The molecule has 0 aromatic heterocycles. The number of rotatable bonds is 2. The first-order valence-corrected chi connectivity index (χ1v) is 6.86. The van der Waals surface area contributed by atoms with Crippen LogP contribution in [0.4, 0.5) is 0 Å². The lowest BCUT2D eigenvalue weighted by Crippen LogP contribution is -2.25. The molecule has 2 amide bonds. The van der Waals surface area contributed by atoms with E-state index in [-0.39, 0.29) is 17.2 Å². The molecular weight excluding hydrogens is 278 g/mol. The number of benzene rings is 1. The Morgan fingerprint density at radius 2 is 2.05 bits per heavy atom. The molecule has 1 aliphatic heterocycles. The molecular formula is C13H15N3O3S. The van der Waals surface area contributed by atoms with Crippen molar-refractivity contribution in [3.63, 3.8) is 0 Å². The quantitative estimate of drug-likeness (QED) is 0.901. The maximum absolute atomic E-state index is 11.7. The van der Waals surface area contributed by atoms with Gasteiger partial charge in [-0.05, 0) is 6.07 Å². The molecule has 0 aliphatic carbocycles. The Kier molecular flexibility index (Phi) is 4.29. The molecule has 0 saturated heterocycles. The van der Waals surface area contributed by atoms with Gasteiger partial charge < -0.3 is 10.1 Å². The Bertz CT molecular complexity index is 574. The number of hydrogen-bond acceptors (Lipinski definition) is 5. The monoisotopic (exact) mass is 293 g/mol. The Labute approximate surface area is 121 Å². The molecule has 6 nitrogen and oxygen atoms in total. The molecule has 1 N–H and O–H groups in total. The van der Waals surface area contributed by atoms with Gasteiger partial charge in [-0.15, -0.1) is 5.10 Å². The third-order valence-corrected chi connectivity index (χ3v) is 3.74. The maximum Gasteiger partial charge on any atom is 0.241 e. The number of nitrogens with one attached hydrogen (secondary N) is 1. The van der Waals surface area contributed by atoms with Crippen molar-refractivity contribution in [1.29, 1.82) is 0 Å². The van der Waals surface area contributed by atoms with Crippen LogP contribution in [-0.2, 0) is 9.59 Å². The molecule has 0 unspecified atom stereocenters. The van der Waals surface area contributed by atoms with Crippen LogP contribution < -0.4 is 10.1 Å². The van der Waals surface area contributed by atoms with Gasteiger partial charge in [-0.1, -0.05) is 30.0 Å². The van der Waals surface area contributed by atoms with E-state index in [9.17, 15) is 9.59 Å². The second-order valence-electron chi connectivity index (χ2n) is 4.16. The van der Waals surface area contributed by atoms with Crippen LogP contribution in [0, 0.1) is 0 Å². The van der Waals surface area contributed by atoms with Gasteiger partial charge in [0.25, 0.3) is 0 Å². The van der Waals surface area contributed by atoms with Gasteiger partial charge >= 0.3 is 0 Å². The highest BCUT2D eigenvalue weighted by Gasteiger charge is 2.33. The van der Waals surface area contributed by atoms with Gasteiger partial charge in [-0.3, -0.25) is 9.59 Å². The number of amidine groups is 1. The zero-order valence-electron chi connectivity index (χ0n) is 11.4. The highest BCUT2D eigenvalue weighted by molar-refractivity contribution is 8.14. The summed E-state index contributed by atoms with van der Waals surface area (Å²) in [5.41, 5.74) is 0.833. The summed E-state index contributed by atoms with van der Waals surface area (Å²) in [6.07, 6.45) is 0. The van der Waals surface area contributed by atoms with Gasteiger partial charge in [0.2, 0.25) is 11.8 Å². The van der Waals surface area contributed by atoms with Gasteiger partial charge in [0.05, 0.1) is 7.11 Å². The number of hydrogen-bond donors (Lipinski definition) is 1. The standard InChI is InChI=1S/C13H15N3O3S/c1-8(17)14-13-15-16(9(2)18)12(20-13)10-6-4-5-7-11(10)19-3/h4-7,12H,1-3H3,(H,14,15,17)/t12-/m1/s1. The molecule has 1 aromatic rings. The Hall–Kier alpha value is -2.02. The lowest BCUT2D eigenvalue weighted by Gasteiger charge is -2.21. The number of para-hydroxylation sites is 1. The van der Waals surface area contributed by atoms with Gasteiger partial charge in [-0.2, -0.15) is 0 Å². The summed E-state index contributed by atoms with van der Waals surface area (Å²) in [5, 5.41) is 8.15. The fourth-order valence-electron chi connectivity index (χ4n) is 1.84. The van der Waals surface area contributed by atoms with E-state index in [1.54, 1.807) is 7.11 Å². The molecule has 0 saturated carbocycles. The highest BCUT2D eigenvalue weighted by Crippen LogP contribution is 2.42. The summed E-state index contributed by atoms with van der Waals surface area (Å²) in [5.74, 6) is 0.254. The van der Waals surface area contributed by atoms with E-state index >= 15 is 0 Å². The van der Waals surface area contributed by atoms with E-state index < -0.39 is 0 Å². The van der Waals surface area contributed by atoms with E-state index in [1.165, 1.54) is 30.6 Å². The second kappa shape index (κ2) is 5.96. The predicted molar refractivity (Wildman–Crippen MR) is 77.1 cm³/mol. The fraction of sp³-hybridized carbons (Fsp3) is 0.308. The summed E-state index contributed by atoms with van der Waals surface area (Å²) in [6.45, 7) is 2.83. The van der Waals surface area contributed by atoms with Crippen LogP contribution in [0.25, 0.3) is 0 Å². The van der Waals surface area contributed by atoms with Crippen LogP contribution in [0.15, 0.2) is 29.4 Å². The van der Waals surface area contributed by atoms with E-state index in [4.69, 9.17) is 4.74 Å². The molecule has 20 heavy (non-hydrogen) atoms. The fourth-order valence-corrected chi connectivity index (χ4v) is 3.00.